The molecule has 2 aromatic carbocycles. The maximum atomic E-state index is 12.9. The molecule has 1 aliphatic rings. The molecule has 3 rings (SSSR count). The lowest BCUT2D eigenvalue weighted by Gasteiger charge is -2.35. The summed E-state index contributed by atoms with van der Waals surface area (Å²) in [4.78, 5) is 17.1. The summed E-state index contributed by atoms with van der Waals surface area (Å²) >= 11 is 12.6. The second kappa shape index (κ2) is 11.3. The fourth-order valence-corrected chi connectivity index (χ4v) is 4.43. The molecule has 1 amide bonds. The smallest absolute Gasteiger partial charge is 0.224 e. The number of ether oxygens (including phenoxy) is 2. The standard InChI is InChI=1S/C23H28Cl2N2O3.ClH/c1-15-19(9-8-18(24)23(15)25)27(16(2)28)20(14-26-11-5-6-12-26)17-7-10-21(29-3)22(13-17)30-4;/h7-10,13,20H,5-6,11-12,14H2,1-4H3;1H. The first kappa shape index (κ1) is 25.6. The van der Waals surface area contributed by atoms with Crippen LogP contribution in [0.3, 0.4) is 0 Å². The van der Waals surface area contributed by atoms with Gasteiger partial charge in [-0.25, -0.2) is 0 Å². The Morgan fingerprint density at radius 2 is 1.74 bits per heavy atom. The van der Waals surface area contributed by atoms with Crippen molar-refractivity contribution >= 4 is 47.2 Å². The van der Waals surface area contributed by atoms with E-state index in [1.54, 1.807) is 27.2 Å². The summed E-state index contributed by atoms with van der Waals surface area (Å²) in [5.41, 5.74) is 2.52. The maximum Gasteiger partial charge on any atom is 0.224 e. The van der Waals surface area contributed by atoms with Crippen LogP contribution >= 0.6 is 35.6 Å². The van der Waals surface area contributed by atoms with E-state index in [1.807, 2.05) is 36.1 Å². The van der Waals surface area contributed by atoms with E-state index >= 15 is 0 Å². The maximum absolute atomic E-state index is 12.9. The SMILES string of the molecule is COc1ccc(C(CN2CCCC2)N(C(C)=O)c2ccc(Cl)c(Cl)c2C)cc1OC.Cl. The largest absolute Gasteiger partial charge is 0.493 e. The Labute approximate surface area is 200 Å². The fourth-order valence-electron chi connectivity index (χ4n) is 4.07. The zero-order chi connectivity index (χ0) is 21.8. The summed E-state index contributed by atoms with van der Waals surface area (Å²) in [7, 11) is 3.23. The highest BCUT2D eigenvalue weighted by Crippen LogP contribution is 2.39. The number of methoxy groups -OCH3 is 2. The van der Waals surface area contributed by atoms with Gasteiger partial charge in [-0.2, -0.15) is 0 Å². The molecule has 0 aromatic heterocycles. The van der Waals surface area contributed by atoms with Gasteiger partial charge in [0, 0.05) is 19.2 Å². The highest BCUT2D eigenvalue weighted by Gasteiger charge is 2.30. The van der Waals surface area contributed by atoms with Crippen LogP contribution in [-0.4, -0.2) is 44.7 Å². The molecule has 0 aliphatic carbocycles. The van der Waals surface area contributed by atoms with E-state index in [1.165, 1.54) is 12.8 Å². The van der Waals surface area contributed by atoms with Crippen LogP contribution in [0.4, 0.5) is 5.69 Å². The Morgan fingerprint density at radius 3 is 2.32 bits per heavy atom. The van der Waals surface area contributed by atoms with E-state index in [2.05, 4.69) is 4.90 Å². The summed E-state index contributed by atoms with van der Waals surface area (Å²) in [5, 5.41) is 0.941. The van der Waals surface area contributed by atoms with Crippen molar-refractivity contribution in [2.45, 2.75) is 32.7 Å². The van der Waals surface area contributed by atoms with Gasteiger partial charge in [0.25, 0.3) is 0 Å². The van der Waals surface area contributed by atoms with E-state index < -0.39 is 0 Å². The highest BCUT2D eigenvalue weighted by molar-refractivity contribution is 6.42. The van der Waals surface area contributed by atoms with Gasteiger partial charge in [0.05, 0.1) is 30.3 Å². The van der Waals surface area contributed by atoms with E-state index in [-0.39, 0.29) is 24.4 Å². The van der Waals surface area contributed by atoms with Gasteiger partial charge in [0.15, 0.2) is 11.5 Å². The van der Waals surface area contributed by atoms with Crippen molar-refractivity contribution in [3.05, 3.63) is 51.5 Å². The molecule has 0 radical (unpaired) electrons. The molecule has 0 saturated carbocycles. The molecule has 1 heterocycles. The van der Waals surface area contributed by atoms with Crippen molar-refractivity contribution in [3.63, 3.8) is 0 Å². The molecule has 1 atom stereocenters. The lowest BCUT2D eigenvalue weighted by Crippen LogP contribution is -2.40. The third-order valence-corrected chi connectivity index (χ3v) is 6.54. The molecule has 1 unspecified atom stereocenters. The number of amides is 1. The van der Waals surface area contributed by atoms with Crippen LogP contribution in [-0.2, 0) is 4.79 Å². The van der Waals surface area contributed by atoms with Crippen LogP contribution in [0.15, 0.2) is 30.3 Å². The number of benzene rings is 2. The zero-order valence-electron chi connectivity index (χ0n) is 18.3. The molecule has 1 fully saturated rings. The number of halogens is 3. The Hall–Kier alpha value is -1.66. The number of carbonyl (C=O) groups excluding carboxylic acids is 1. The van der Waals surface area contributed by atoms with Gasteiger partial charge in [0.2, 0.25) is 5.91 Å². The first-order chi connectivity index (χ1) is 14.4. The molecule has 1 saturated heterocycles. The number of carbonyl (C=O) groups is 1. The number of anilines is 1. The molecular weight excluding hydrogens is 459 g/mol. The van der Waals surface area contributed by atoms with Gasteiger partial charge in [-0.3, -0.25) is 4.79 Å². The second-order valence-corrected chi connectivity index (χ2v) is 8.32. The average Bonchev–Trinajstić information content (AvgIpc) is 3.25. The molecule has 0 N–H and O–H groups in total. The molecule has 0 bridgehead atoms. The van der Waals surface area contributed by atoms with Gasteiger partial charge in [-0.05, 0) is 68.2 Å². The predicted octanol–water partition coefficient (Wildman–Crippen LogP) is 5.93. The lowest BCUT2D eigenvalue weighted by atomic mass is 10.0. The summed E-state index contributed by atoms with van der Waals surface area (Å²) in [6.07, 6.45) is 2.34. The van der Waals surface area contributed by atoms with Crippen LogP contribution in [0.5, 0.6) is 11.5 Å². The number of likely N-dealkylation sites (tertiary alicyclic amines) is 1. The highest BCUT2D eigenvalue weighted by atomic mass is 35.5. The number of hydrogen-bond acceptors (Lipinski definition) is 4. The van der Waals surface area contributed by atoms with E-state index in [9.17, 15) is 4.79 Å². The first-order valence-corrected chi connectivity index (χ1v) is 10.8. The predicted molar refractivity (Wildman–Crippen MR) is 130 cm³/mol. The van der Waals surface area contributed by atoms with Crippen molar-refractivity contribution in [1.82, 2.24) is 4.90 Å². The quantitative estimate of drug-likeness (QED) is 0.485. The van der Waals surface area contributed by atoms with Gasteiger partial charge in [0.1, 0.15) is 0 Å². The van der Waals surface area contributed by atoms with Crippen LogP contribution in [0.2, 0.25) is 10.0 Å². The minimum absolute atomic E-state index is 0. The normalized spacial score (nSPS) is 14.6. The molecule has 5 nitrogen and oxygen atoms in total. The van der Waals surface area contributed by atoms with Crippen molar-refractivity contribution in [3.8, 4) is 11.5 Å². The number of nitrogens with zero attached hydrogens (tertiary/aromatic N) is 2. The van der Waals surface area contributed by atoms with Gasteiger partial charge >= 0.3 is 0 Å². The lowest BCUT2D eigenvalue weighted by molar-refractivity contribution is -0.117. The summed E-state index contributed by atoms with van der Waals surface area (Å²) in [6.45, 7) is 6.24. The van der Waals surface area contributed by atoms with Crippen molar-refractivity contribution < 1.29 is 14.3 Å². The zero-order valence-corrected chi connectivity index (χ0v) is 20.6. The Bertz CT molecular complexity index is 917. The van der Waals surface area contributed by atoms with Gasteiger partial charge in [-0.15, -0.1) is 12.4 Å². The topological polar surface area (TPSA) is 42.0 Å². The van der Waals surface area contributed by atoms with Crippen molar-refractivity contribution in [2.75, 3.05) is 38.8 Å². The van der Waals surface area contributed by atoms with Crippen LogP contribution in [0.25, 0.3) is 0 Å². The molecule has 170 valence electrons. The summed E-state index contributed by atoms with van der Waals surface area (Å²) < 4.78 is 10.9. The van der Waals surface area contributed by atoms with Crippen molar-refractivity contribution in [2.24, 2.45) is 0 Å². The molecule has 8 heteroatoms. The minimum Gasteiger partial charge on any atom is -0.493 e. The molecule has 0 spiro atoms. The first-order valence-electron chi connectivity index (χ1n) is 10.1. The average molecular weight is 488 g/mol. The van der Waals surface area contributed by atoms with Crippen LogP contribution in [0.1, 0.15) is 36.9 Å². The fraction of sp³-hybridized carbons (Fsp3) is 0.435. The molecule has 31 heavy (non-hydrogen) atoms. The Balaban J connectivity index is 0.00000341. The third-order valence-electron chi connectivity index (χ3n) is 5.64. The monoisotopic (exact) mass is 486 g/mol. The van der Waals surface area contributed by atoms with E-state index in [0.717, 1.165) is 36.4 Å². The van der Waals surface area contributed by atoms with Crippen LogP contribution < -0.4 is 14.4 Å². The molecule has 2 aromatic rings. The summed E-state index contributed by atoms with van der Waals surface area (Å²) in [5.74, 6) is 1.23. The van der Waals surface area contributed by atoms with Gasteiger partial charge < -0.3 is 19.3 Å². The number of hydrogen-bond donors (Lipinski definition) is 0. The van der Waals surface area contributed by atoms with Gasteiger partial charge in [-0.1, -0.05) is 29.3 Å². The van der Waals surface area contributed by atoms with Crippen LogP contribution in [0, 0.1) is 6.92 Å². The van der Waals surface area contributed by atoms with Crippen molar-refractivity contribution in [1.29, 1.82) is 0 Å². The molecular formula is C23H29Cl3N2O3. The second-order valence-electron chi connectivity index (χ2n) is 7.53. The number of rotatable bonds is 7. The van der Waals surface area contributed by atoms with E-state index in [4.69, 9.17) is 32.7 Å². The summed E-state index contributed by atoms with van der Waals surface area (Å²) in [6, 6.07) is 9.21. The minimum atomic E-state index is -0.212. The Morgan fingerprint density at radius 1 is 1.10 bits per heavy atom. The third kappa shape index (κ3) is 5.58. The van der Waals surface area contributed by atoms with E-state index in [0.29, 0.717) is 21.5 Å². The molecule has 1 aliphatic heterocycles. The Kier molecular flexibility index (Phi) is 9.31.